The van der Waals surface area contributed by atoms with E-state index in [0.29, 0.717) is 6.54 Å². The van der Waals surface area contributed by atoms with Gasteiger partial charge in [0.1, 0.15) is 6.10 Å². The van der Waals surface area contributed by atoms with Gasteiger partial charge in [0.15, 0.2) is 5.60 Å². The van der Waals surface area contributed by atoms with Crippen LogP contribution in [0.1, 0.15) is 13.3 Å². The Morgan fingerprint density at radius 1 is 1.44 bits per heavy atom. The van der Waals surface area contributed by atoms with Crippen LogP contribution in [0, 0.1) is 0 Å². The summed E-state index contributed by atoms with van der Waals surface area (Å²) in [5.41, 5.74) is -1.35. The molecule has 1 aliphatic rings. The van der Waals surface area contributed by atoms with E-state index in [1.165, 1.54) is 21.1 Å². The molecular formula is C10H17NO5. The fourth-order valence-corrected chi connectivity index (χ4v) is 2.02. The normalized spacial score (nSPS) is 30.2. The molecule has 0 unspecified atom stereocenters. The summed E-state index contributed by atoms with van der Waals surface area (Å²) >= 11 is 0. The van der Waals surface area contributed by atoms with E-state index in [2.05, 4.69) is 0 Å². The third-order valence-electron chi connectivity index (χ3n) is 3.12. The monoisotopic (exact) mass is 231 g/mol. The molecule has 0 spiro atoms. The molecule has 0 radical (unpaired) electrons. The Hall–Kier alpha value is -1.14. The number of amides is 1. The number of carboxylic acids is 1. The van der Waals surface area contributed by atoms with Gasteiger partial charge in [-0.3, -0.25) is 4.79 Å². The summed E-state index contributed by atoms with van der Waals surface area (Å²) in [5, 5.41) is 9.21. The number of likely N-dealkylation sites (tertiary alicyclic amines) is 1. The smallest absolute Gasteiger partial charge is 0.338 e. The highest BCUT2D eigenvalue weighted by Gasteiger charge is 2.50. The number of carbonyl (C=O) groups is 2. The zero-order valence-corrected chi connectivity index (χ0v) is 9.73. The summed E-state index contributed by atoms with van der Waals surface area (Å²) in [6.07, 6.45) is -0.413. The molecule has 1 aliphatic heterocycles. The first-order valence-corrected chi connectivity index (χ1v) is 5.04. The van der Waals surface area contributed by atoms with Gasteiger partial charge < -0.3 is 19.5 Å². The van der Waals surface area contributed by atoms with Gasteiger partial charge in [-0.1, -0.05) is 0 Å². The molecule has 1 saturated heterocycles. The summed E-state index contributed by atoms with van der Waals surface area (Å²) in [5.74, 6) is -1.14. The van der Waals surface area contributed by atoms with Crippen LogP contribution in [0.2, 0.25) is 0 Å². The van der Waals surface area contributed by atoms with Crippen molar-refractivity contribution in [2.75, 3.05) is 27.3 Å². The van der Waals surface area contributed by atoms with Gasteiger partial charge in [0.05, 0.1) is 6.54 Å². The van der Waals surface area contributed by atoms with Crippen LogP contribution in [0.25, 0.3) is 0 Å². The Bertz CT molecular complexity index is 293. The molecule has 1 rings (SSSR count). The minimum atomic E-state index is -1.35. The van der Waals surface area contributed by atoms with Crippen molar-refractivity contribution < 1.29 is 24.2 Å². The van der Waals surface area contributed by atoms with E-state index in [9.17, 15) is 14.7 Å². The van der Waals surface area contributed by atoms with Crippen molar-refractivity contribution in [3.8, 4) is 0 Å². The minimum absolute atomic E-state index is 0.0860. The molecule has 1 fully saturated rings. The van der Waals surface area contributed by atoms with Gasteiger partial charge in [0.25, 0.3) is 0 Å². The van der Waals surface area contributed by atoms with E-state index in [1.54, 1.807) is 4.90 Å². The Kier molecular flexibility index (Phi) is 3.88. The number of nitrogens with zero attached hydrogens (tertiary/aromatic N) is 1. The highest BCUT2D eigenvalue weighted by atomic mass is 16.6. The van der Waals surface area contributed by atoms with E-state index in [-0.39, 0.29) is 18.9 Å². The summed E-state index contributed by atoms with van der Waals surface area (Å²) in [4.78, 5) is 24.0. The minimum Gasteiger partial charge on any atom is -0.479 e. The number of rotatable bonds is 3. The highest BCUT2D eigenvalue weighted by Crippen LogP contribution is 2.28. The molecule has 1 heterocycles. The number of aliphatic carboxylic acids is 1. The van der Waals surface area contributed by atoms with Crippen LogP contribution in [0.5, 0.6) is 0 Å². The molecule has 1 amide bonds. The lowest BCUT2D eigenvalue weighted by molar-refractivity contribution is -0.194. The second kappa shape index (κ2) is 4.80. The molecule has 0 aromatic rings. The molecule has 6 nitrogen and oxygen atoms in total. The van der Waals surface area contributed by atoms with Gasteiger partial charge in [-0.2, -0.15) is 0 Å². The second-order valence-corrected chi connectivity index (χ2v) is 3.84. The summed E-state index contributed by atoms with van der Waals surface area (Å²) in [7, 11) is 2.77. The van der Waals surface area contributed by atoms with Crippen LogP contribution in [0.3, 0.4) is 0 Å². The summed E-state index contributed by atoms with van der Waals surface area (Å²) in [6.45, 7) is 2.06. The Morgan fingerprint density at radius 2 is 2.06 bits per heavy atom. The first-order chi connectivity index (χ1) is 7.47. The van der Waals surface area contributed by atoms with Gasteiger partial charge in [0, 0.05) is 34.1 Å². The molecule has 0 saturated carbocycles. The average molecular weight is 231 g/mol. The molecule has 0 bridgehead atoms. The van der Waals surface area contributed by atoms with Crippen LogP contribution in [0.4, 0.5) is 0 Å². The number of carboxylic acid groups (broad SMARTS) is 1. The Morgan fingerprint density at radius 3 is 2.44 bits per heavy atom. The number of piperidine rings is 1. The van der Waals surface area contributed by atoms with Crippen molar-refractivity contribution in [1.82, 2.24) is 4.90 Å². The maximum Gasteiger partial charge on any atom is 0.338 e. The highest BCUT2D eigenvalue weighted by molar-refractivity contribution is 5.80. The molecule has 6 heteroatoms. The summed E-state index contributed by atoms with van der Waals surface area (Å²) < 4.78 is 10.2. The van der Waals surface area contributed by atoms with Gasteiger partial charge in [-0.15, -0.1) is 0 Å². The lowest BCUT2D eigenvalue weighted by Gasteiger charge is -2.42. The third-order valence-corrected chi connectivity index (χ3v) is 3.12. The first-order valence-electron chi connectivity index (χ1n) is 5.04. The topological polar surface area (TPSA) is 76.1 Å². The van der Waals surface area contributed by atoms with Crippen molar-refractivity contribution >= 4 is 11.9 Å². The largest absolute Gasteiger partial charge is 0.479 e. The zero-order chi connectivity index (χ0) is 12.3. The lowest BCUT2D eigenvalue weighted by Crippen LogP contribution is -2.62. The molecule has 16 heavy (non-hydrogen) atoms. The third kappa shape index (κ3) is 2.03. The van der Waals surface area contributed by atoms with Gasteiger partial charge >= 0.3 is 5.97 Å². The quantitative estimate of drug-likeness (QED) is 0.723. The van der Waals surface area contributed by atoms with Crippen LogP contribution in [-0.2, 0) is 19.1 Å². The van der Waals surface area contributed by atoms with E-state index < -0.39 is 17.7 Å². The van der Waals surface area contributed by atoms with Crippen molar-refractivity contribution in [3.05, 3.63) is 0 Å². The van der Waals surface area contributed by atoms with Gasteiger partial charge in [0.2, 0.25) is 5.91 Å². The predicted molar refractivity (Wildman–Crippen MR) is 55.0 cm³/mol. The number of carbonyl (C=O) groups excluding carboxylic acids is 1. The molecule has 0 aliphatic carbocycles. The fourth-order valence-electron chi connectivity index (χ4n) is 2.02. The molecule has 92 valence electrons. The maximum atomic E-state index is 11.2. The molecular weight excluding hydrogens is 214 g/mol. The standard InChI is InChI=1S/C10H17NO5/c1-7(12)11-5-4-10(16-3,9(13)14)8(6-11)15-2/h8H,4-6H2,1-3H3,(H,13,14)/t8-,10+/m1/s1. The van der Waals surface area contributed by atoms with E-state index >= 15 is 0 Å². The van der Waals surface area contributed by atoms with Crippen molar-refractivity contribution in [3.63, 3.8) is 0 Å². The molecule has 2 atom stereocenters. The maximum absolute atomic E-state index is 11.2. The van der Waals surface area contributed by atoms with E-state index in [1.807, 2.05) is 0 Å². The van der Waals surface area contributed by atoms with Gasteiger partial charge in [-0.05, 0) is 0 Å². The van der Waals surface area contributed by atoms with Crippen molar-refractivity contribution in [1.29, 1.82) is 0 Å². The van der Waals surface area contributed by atoms with Crippen LogP contribution >= 0.6 is 0 Å². The van der Waals surface area contributed by atoms with Gasteiger partial charge in [-0.25, -0.2) is 4.79 Å². The lowest BCUT2D eigenvalue weighted by atomic mass is 9.88. The van der Waals surface area contributed by atoms with Crippen LogP contribution in [0.15, 0.2) is 0 Å². The number of hydrogen-bond donors (Lipinski definition) is 1. The Balaban J connectivity index is 2.90. The summed E-state index contributed by atoms with van der Waals surface area (Å²) in [6, 6.07) is 0. The van der Waals surface area contributed by atoms with E-state index in [4.69, 9.17) is 9.47 Å². The zero-order valence-electron chi connectivity index (χ0n) is 9.73. The van der Waals surface area contributed by atoms with Crippen LogP contribution < -0.4 is 0 Å². The predicted octanol–water partition coefficient (Wildman–Crippen LogP) is -0.277. The number of hydrogen-bond acceptors (Lipinski definition) is 4. The number of methoxy groups -OCH3 is 2. The average Bonchev–Trinajstić information content (AvgIpc) is 2.27. The molecule has 0 aromatic heterocycles. The van der Waals surface area contributed by atoms with Crippen LogP contribution in [-0.4, -0.2) is 60.9 Å². The SMILES string of the molecule is CO[C@@H]1CN(C(C)=O)CC[C@@]1(OC)C(=O)O. The van der Waals surface area contributed by atoms with E-state index in [0.717, 1.165) is 0 Å². The molecule has 0 aromatic carbocycles. The fraction of sp³-hybridized carbons (Fsp3) is 0.800. The Labute approximate surface area is 94.1 Å². The molecule has 1 N–H and O–H groups in total. The first kappa shape index (κ1) is 12.9. The van der Waals surface area contributed by atoms with Crippen molar-refractivity contribution in [2.24, 2.45) is 0 Å². The number of ether oxygens (including phenoxy) is 2. The van der Waals surface area contributed by atoms with Crippen molar-refractivity contribution in [2.45, 2.75) is 25.0 Å². The second-order valence-electron chi connectivity index (χ2n) is 3.84.